The van der Waals surface area contributed by atoms with Crippen molar-refractivity contribution in [2.24, 2.45) is 0 Å². The largest absolute Gasteiger partial charge is 0.390 e. The van der Waals surface area contributed by atoms with E-state index in [1.807, 2.05) is 30.3 Å². The Bertz CT molecular complexity index is 784. The van der Waals surface area contributed by atoms with E-state index >= 15 is 0 Å². The van der Waals surface area contributed by atoms with Crippen molar-refractivity contribution >= 4 is 0 Å². The van der Waals surface area contributed by atoms with Gasteiger partial charge >= 0.3 is 0 Å². The molecule has 0 saturated heterocycles. The highest BCUT2D eigenvalue weighted by atomic mass is 16.3. The minimum atomic E-state index is -0.136. The van der Waals surface area contributed by atoms with Crippen LogP contribution in [0.25, 0.3) is 16.9 Å². The molecule has 23 heavy (non-hydrogen) atoms. The molecule has 0 aliphatic heterocycles. The van der Waals surface area contributed by atoms with Crippen LogP contribution in [0.1, 0.15) is 32.0 Å². The zero-order valence-electron chi connectivity index (χ0n) is 13.7. The molecule has 0 radical (unpaired) electrons. The molecule has 0 spiro atoms. The third-order valence-electron chi connectivity index (χ3n) is 3.91. The minimum Gasteiger partial charge on any atom is -0.390 e. The van der Waals surface area contributed by atoms with Gasteiger partial charge in [-0.05, 0) is 23.1 Å². The van der Waals surface area contributed by atoms with E-state index < -0.39 is 0 Å². The van der Waals surface area contributed by atoms with E-state index in [0.717, 1.165) is 16.9 Å². The van der Waals surface area contributed by atoms with Crippen LogP contribution >= 0.6 is 0 Å². The highest BCUT2D eigenvalue weighted by Gasteiger charge is 2.17. The summed E-state index contributed by atoms with van der Waals surface area (Å²) in [7, 11) is 0. The Kier molecular flexibility index (Phi) is 4.01. The number of hydrogen-bond acceptors (Lipinski definition) is 3. The van der Waals surface area contributed by atoms with Gasteiger partial charge in [-0.2, -0.15) is 0 Å². The van der Waals surface area contributed by atoms with E-state index in [4.69, 9.17) is 0 Å². The highest BCUT2D eigenvalue weighted by molar-refractivity contribution is 5.64. The van der Waals surface area contributed by atoms with Gasteiger partial charge in [-0.3, -0.25) is 0 Å². The van der Waals surface area contributed by atoms with Crippen molar-refractivity contribution in [2.75, 3.05) is 0 Å². The van der Waals surface area contributed by atoms with Gasteiger partial charge in [0.15, 0.2) is 0 Å². The Hall–Kier alpha value is -2.46. The topological polar surface area (TPSA) is 50.9 Å². The van der Waals surface area contributed by atoms with Crippen LogP contribution in [-0.4, -0.2) is 20.1 Å². The number of hydrogen-bond donors (Lipinski definition) is 1. The van der Waals surface area contributed by atoms with Crippen LogP contribution in [0.2, 0.25) is 0 Å². The molecule has 1 aromatic heterocycles. The van der Waals surface area contributed by atoms with E-state index in [0.29, 0.717) is 5.69 Å². The summed E-state index contributed by atoms with van der Waals surface area (Å²) < 4.78 is 1.78. The van der Waals surface area contributed by atoms with Crippen molar-refractivity contribution in [3.8, 4) is 16.9 Å². The molecule has 0 amide bonds. The Morgan fingerprint density at radius 2 is 1.61 bits per heavy atom. The summed E-state index contributed by atoms with van der Waals surface area (Å²) in [5, 5.41) is 17.9. The van der Waals surface area contributed by atoms with E-state index in [1.165, 1.54) is 5.56 Å². The van der Waals surface area contributed by atoms with E-state index in [1.54, 1.807) is 4.68 Å². The molecule has 0 aliphatic carbocycles. The predicted octanol–water partition coefficient (Wildman–Crippen LogP) is 3.72. The number of rotatable bonds is 3. The Morgan fingerprint density at radius 1 is 0.957 bits per heavy atom. The van der Waals surface area contributed by atoms with Crippen molar-refractivity contribution in [1.82, 2.24) is 15.0 Å². The van der Waals surface area contributed by atoms with Gasteiger partial charge in [0.25, 0.3) is 0 Å². The maximum Gasteiger partial charge on any atom is 0.117 e. The molecule has 1 heterocycles. The molecule has 4 heteroatoms. The first-order valence-electron chi connectivity index (χ1n) is 7.72. The first-order valence-corrected chi connectivity index (χ1v) is 7.72. The zero-order chi connectivity index (χ0) is 16.4. The smallest absolute Gasteiger partial charge is 0.117 e. The Labute approximate surface area is 136 Å². The Balaban J connectivity index is 2.10. The summed E-state index contributed by atoms with van der Waals surface area (Å²) in [6.45, 7) is 6.44. The van der Waals surface area contributed by atoms with Gasteiger partial charge in [-0.15, -0.1) is 5.10 Å². The summed E-state index contributed by atoms with van der Waals surface area (Å²) in [5.74, 6) is 0. The van der Waals surface area contributed by atoms with Crippen LogP contribution < -0.4 is 0 Å². The summed E-state index contributed by atoms with van der Waals surface area (Å²) in [5.41, 5.74) is 4.71. The van der Waals surface area contributed by atoms with Crippen LogP contribution in [0.4, 0.5) is 0 Å². The SMILES string of the molecule is CC(C)(C)c1ccc(-c2c(CO)nnn2-c2ccccc2)cc1. The molecule has 0 bridgehead atoms. The number of para-hydroxylation sites is 1. The molecular weight excluding hydrogens is 286 g/mol. The van der Waals surface area contributed by atoms with Crippen LogP contribution in [0.5, 0.6) is 0 Å². The third-order valence-corrected chi connectivity index (χ3v) is 3.91. The van der Waals surface area contributed by atoms with E-state index in [2.05, 4.69) is 55.3 Å². The molecule has 1 N–H and O–H groups in total. The molecular formula is C19H21N3O. The maximum absolute atomic E-state index is 9.61. The first-order chi connectivity index (χ1) is 11.0. The van der Waals surface area contributed by atoms with Gasteiger partial charge in [0.05, 0.1) is 12.3 Å². The minimum absolute atomic E-state index is 0.107. The summed E-state index contributed by atoms with van der Waals surface area (Å²) >= 11 is 0. The number of aliphatic hydroxyl groups is 1. The van der Waals surface area contributed by atoms with Crippen molar-refractivity contribution < 1.29 is 5.11 Å². The molecule has 2 aromatic carbocycles. The molecule has 0 unspecified atom stereocenters. The van der Waals surface area contributed by atoms with Gasteiger partial charge in [0.1, 0.15) is 11.4 Å². The molecule has 4 nitrogen and oxygen atoms in total. The number of aliphatic hydroxyl groups excluding tert-OH is 1. The number of nitrogens with zero attached hydrogens (tertiary/aromatic N) is 3. The third kappa shape index (κ3) is 3.03. The van der Waals surface area contributed by atoms with Gasteiger partial charge in [0.2, 0.25) is 0 Å². The average Bonchev–Trinajstić information content (AvgIpc) is 2.99. The molecule has 0 aliphatic rings. The molecule has 0 fully saturated rings. The quantitative estimate of drug-likeness (QED) is 0.802. The Morgan fingerprint density at radius 3 is 2.17 bits per heavy atom. The van der Waals surface area contributed by atoms with Crippen LogP contribution in [0.3, 0.4) is 0 Å². The van der Waals surface area contributed by atoms with Crippen molar-refractivity contribution in [3.05, 3.63) is 65.9 Å². The lowest BCUT2D eigenvalue weighted by molar-refractivity contribution is 0.277. The van der Waals surface area contributed by atoms with Crippen LogP contribution in [-0.2, 0) is 12.0 Å². The van der Waals surface area contributed by atoms with Gasteiger partial charge in [-0.1, -0.05) is 68.4 Å². The van der Waals surface area contributed by atoms with E-state index in [-0.39, 0.29) is 12.0 Å². The monoisotopic (exact) mass is 307 g/mol. The van der Waals surface area contributed by atoms with Gasteiger partial charge in [-0.25, -0.2) is 4.68 Å². The number of benzene rings is 2. The normalized spacial score (nSPS) is 11.7. The van der Waals surface area contributed by atoms with Crippen LogP contribution in [0, 0.1) is 0 Å². The van der Waals surface area contributed by atoms with Crippen molar-refractivity contribution in [2.45, 2.75) is 32.8 Å². The van der Waals surface area contributed by atoms with E-state index in [9.17, 15) is 5.11 Å². The molecule has 3 aromatic rings. The lowest BCUT2D eigenvalue weighted by Gasteiger charge is -2.19. The molecule has 118 valence electrons. The predicted molar refractivity (Wildman–Crippen MR) is 91.4 cm³/mol. The highest BCUT2D eigenvalue weighted by Crippen LogP contribution is 2.28. The second-order valence-electron chi connectivity index (χ2n) is 6.62. The van der Waals surface area contributed by atoms with Crippen LogP contribution in [0.15, 0.2) is 54.6 Å². The van der Waals surface area contributed by atoms with Crippen molar-refractivity contribution in [3.63, 3.8) is 0 Å². The lowest BCUT2D eigenvalue weighted by Crippen LogP contribution is -2.10. The summed E-state index contributed by atoms with van der Waals surface area (Å²) in [4.78, 5) is 0. The second kappa shape index (κ2) is 5.97. The molecule has 0 atom stereocenters. The fraction of sp³-hybridized carbons (Fsp3) is 0.263. The van der Waals surface area contributed by atoms with Gasteiger partial charge < -0.3 is 5.11 Å². The fourth-order valence-electron chi connectivity index (χ4n) is 2.59. The molecule has 0 saturated carbocycles. The molecule has 3 rings (SSSR count). The standard InChI is InChI=1S/C19H21N3O/c1-19(2,3)15-11-9-14(10-12-15)18-17(13-23)20-21-22(18)16-7-5-4-6-8-16/h4-12,23H,13H2,1-3H3. The zero-order valence-corrected chi connectivity index (χ0v) is 13.7. The fourth-order valence-corrected chi connectivity index (χ4v) is 2.59. The lowest BCUT2D eigenvalue weighted by atomic mass is 9.86. The maximum atomic E-state index is 9.61. The average molecular weight is 307 g/mol. The number of aromatic nitrogens is 3. The first kappa shape index (κ1) is 15.4. The van der Waals surface area contributed by atoms with Crippen molar-refractivity contribution in [1.29, 1.82) is 0 Å². The second-order valence-corrected chi connectivity index (χ2v) is 6.62. The van der Waals surface area contributed by atoms with Gasteiger partial charge in [0, 0.05) is 5.56 Å². The summed E-state index contributed by atoms with van der Waals surface area (Å²) in [6, 6.07) is 18.2. The summed E-state index contributed by atoms with van der Waals surface area (Å²) in [6.07, 6.45) is 0.